The van der Waals surface area contributed by atoms with E-state index in [0.717, 1.165) is 12.0 Å². The third-order valence-electron chi connectivity index (χ3n) is 8.35. The second-order valence-corrected chi connectivity index (χ2v) is 13.2. The molecule has 7 atom stereocenters. The van der Waals surface area contributed by atoms with Crippen molar-refractivity contribution in [3.8, 4) is 0 Å². The molecule has 0 saturated carbocycles. The predicted molar refractivity (Wildman–Crippen MR) is 180 cm³/mol. The van der Waals surface area contributed by atoms with E-state index in [1.807, 2.05) is 35.2 Å². The van der Waals surface area contributed by atoms with Gasteiger partial charge in [0.05, 0.1) is 12.6 Å². The van der Waals surface area contributed by atoms with Crippen molar-refractivity contribution >= 4 is 35.4 Å². The van der Waals surface area contributed by atoms with Gasteiger partial charge in [-0.2, -0.15) is 0 Å². The van der Waals surface area contributed by atoms with Gasteiger partial charge in [-0.05, 0) is 57.1 Å². The highest BCUT2D eigenvalue weighted by atomic mass is 16.3. The maximum atomic E-state index is 13.6. The van der Waals surface area contributed by atoms with E-state index in [2.05, 4.69) is 26.6 Å². The lowest BCUT2D eigenvalue weighted by atomic mass is 9.99. The largest absolute Gasteiger partial charge is 0.394 e. The van der Waals surface area contributed by atoms with Gasteiger partial charge in [0.25, 0.3) is 0 Å². The van der Waals surface area contributed by atoms with Gasteiger partial charge in [0.2, 0.25) is 35.4 Å². The molecule has 1 saturated heterocycles. The number of rotatable bonds is 18. The van der Waals surface area contributed by atoms with Crippen LogP contribution in [-0.4, -0.2) is 107 Å². The normalized spacial score (nSPS) is 18.6. The van der Waals surface area contributed by atoms with E-state index in [1.165, 1.54) is 13.8 Å². The number of benzene rings is 1. The van der Waals surface area contributed by atoms with Gasteiger partial charge in [-0.15, -0.1) is 0 Å². The van der Waals surface area contributed by atoms with E-state index < -0.39 is 78.4 Å². The fraction of sp³-hybridized carbons (Fsp3) is 0.636. The van der Waals surface area contributed by atoms with Crippen LogP contribution in [0.3, 0.4) is 0 Å². The summed E-state index contributed by atoms with van der Waals surface area (Å²) >= 11 is 0. The summed E-state index contributed by atoms with van der Waals surface area (Å²) in [4.78, 5) is 78.6. The first-order chi connectivity index (χ1) is 22.5. The number of carbonyl (C=O) groups excluding carboxylic acids is 6. The maximum Gasteiger partial charge on any atom is 0.243 e. The van der Waals surface area contributed by atoms with Crippen molar-refractivity contribution in [3.05, 3.63) is 35.9 Å². The molecule has 1 fully saturated rings. The fourth-order valence-electron chi connectivity index (χ4n) is 5.48. The Kier molecular flexibility index (Phi) is 15.9. The molecule has 0 aliphatic carbocycles. The number of hydrogen-bond donors (Lipinski definition) is 8. The Bertz CT molecular complexity index is 1260. The lowest BCUT2D eigenvalue weighted by molar-refractivity contribution is -0.134. The van der Waals surface area contributed by atoms with Crippen LogP contribution < -0.4 is 38.1 Å². The minimum Gasteiger partial charge on any atom is -0.394 e. The number of nitrogens with one attached hydrogen (secondary N) is 5. The first-order valence-electron chi connectivity index (χ1n) is 16.5. The van der Waals surface area contributed by atoms with Crippen molar-refractivity contribution in [1.29, 1.82) is 0 Å². The first-order valence-corrected chi connectivity index (χ1v) is 16.5. The summed E-state index contributed by atoms with van der Waals surface area (Å²) in [6.07, 6.45) is 1.73. The molecule has 1 aromatic rings. The molecule has 0 radical (unpaired) electrons. The lowest BCUT2D eigenvalue weighted by Crippen LogP contribution is -2.59. The summed E-state index contributed by atoms with van der Waals surface area (Å²) < 4.78 is 0. The summed E-state index contributed by atoms with van der Waals surface area (Å²) in [5.41, 5.74) is 11.9. The Morgan fingerprint density at radius 3 is 1.90 bits per heavy atom. The highest BCUT2D eigenvalue weighted by molar-refractivity contribution is 5.94. The Labute approximate surface area is 282 Å². The second kappa shape index (κ2) is 19.1. The van der Waals surface area contributed by atoms with Crippen molar-refractivity contribution in [2.45, 2.75) is 103 Å². The van der Waals surface area contributed by atoms with Gasteiger partial charge in [0.1, 0.15) is 30.2 Å². The van der Waals surface area contributed by atoms with Crippen LogP contribution in [0.2, 0.25) is 0 Å². The van der Waals surface area contributed by atoms with Crippen molar-refractivity contribution in [1.82, 2.24) is 31.5 Å². The lowest BCUT2D eigenvalue weighted by Gasteiger charge is -2.31. The van der Waals surface area contributed by atoms with Crippen LogP contribution in [0.4, 0.5) is 0 Å². The molecule has 15 nitrogen and oxygen atoms in total. The summed E-state index contributed by atoms with van der Waals surface area (Å²) in [5.74, 6) is -3.73. The van der Waals surface area contributed by atoms with Gasteiger partial charge in [0.15, 0.2) is 0 Å². The van der Waals surface area contributed by atoms with E-state index in [-0.39, 0.29) is 17.7 Å². The van der Waals surface area contributed by atoms with Crippen LogP contribution in [0.25, 0.3) is 0 Å². The zero-order chi connectivity index (χ0) is 36.1. The van der Waals surface area contributed by atoms with Crippen molar-refractivity contribution in [3.63, 3.8) is 0 Å². The fourth-order valence-corrected chi connectivity index (χ4v) is 5.48. The molecular formula is C33H54N8O7. The number of aliphatic hydroxyl groups is 1. The highest BCUT2D eigenvalue weighted by Gasteiger charge is 2.36. The van der Waals surface area contributed by atoms with Crippen LogP contribution in [0, 0.1) is 11.8 Å². The molecule has 15 heteroatoms. The Balaban J connectivity index is 2.14. The van der Waals surface area contributed by atoms with Gasteiger partial charge >= 0.3 is 0 Å². The summed E-state index contributed by atoms with van der Waals surface area (Å²) in [6.45, 7) is 10.4. The highest BCUT2D eigenvalue weighted by Crippen LogP contribution is 2.20. The van der Waals surface area contributed by atoms with Gasteiger partial charge < -0.3 is 43.2 Å². The molecular weight excluding hydrogens is 620 g/mol. The Morgan fingerprint density at radius 1 is 0.792 bits per heavy atom. The van der Waals surface area contributed by atoms with Crippen molar-refractivity contribution in [2.75, 3.05) is 19.7 Å². The smallest absolute Gasteiger partial charge is 0.243 e. The van der Waals surface area contributed by atoms with Gasteiger partial charge in [0, 0.05) is 12.6 Å². The summed E-state index contributed by atoms with van der Waals surface area (Å²) in [6, 6.07) is 3.62. The number of hydrogen-bond acceptors (Lipinski definition) is 9. The van der Waals surface area contributed by atoms with Gasteiger partial charge in [-0.25, -0.2) is 0 Å². The number of aliphatic hydroxyl groups excluding tert-OH is 1. The van der Waals surface area contributed by atoms with Crippen LogP contribution >= 0.6 is 0 Å². The van der Waals surface area contributed by atoms with Gasteiger partial charge in [-0.1, -0.05) is 58.0 Å². The number of nitrogens with two attached hydrogens (primary N) is 2. The van der Waals surface area contributed by atoms with Gasteiger partial charge in [-0.3, -0.25) is 33.7 Å². The Hall–Kier alpha value is -4.08. The van der Waals surface area contributed by atoms with E-state index in [0.29, 0.717) is 25.9 Å². The number of primary amides is 1. The maximum absolute atomic E-state index is 13.6. The van der Waals surface area contributed by atoms with E-state index in [1.54, 1.807) is 27.7 Å². The third kappa shape index (κ3) is 12.2. The standard InChI is InChI=1S/C33H54N8O7/c1-18(2)26(28(35)43)39-33(48)27(19(3)4)40-32(47)25-13-10-14-41(25)16-23(15-22-11-8-7-9-12-22)38-30(45)21(6)36-29(44)20(5)37-31(46)24(34)17-42/h7-9,11-12,18-21,23-27,42H,10,13-17,34H2,1-6H3,(H2,35,43)(H,36,44)(H,37,46)(H,38,45)(H,39,48)(H,40,47)/t20-,21-,23?,24-,25-,26-,27-/m0/s1. The molecule has 1 unspecified atom stereocenters. The number of nitrogens with zero attached hydrogens (tertiary/aromatic N) is 1. The molecule has 1 heterocycles. The van der Waals surface area contributed by atoms with Crippen LogP contribution in [-0.2, 0) is 35.2 Å². The van der Waals surface area contributed by atoms with Crippen molar-refractivity contribution in [2.24, 2.45) is 23.3 Å². The second-order valence-electron chi connectivity index (χ2n) is 13.2. The van der Waals surface area contributed by atoms with E-state index in [4.69, 9.17) is 16.6 Å². The Morgan fingerprint density at radius 2 is 1.35 bits per heavy atom. The monoisotopic (exact) mass is 674 g/mol. The topological polar surface area (TPSA) is 238 Å². The van der Waals surface area contributed by atoms with Crippen LogP contribution in [0.5, 0.6) is 0 Å². The SMILES string of the molecule is CC(C)[C@H](NC(=O)[C@@H](NC(=O)[C@@H]1CCCN1CC(Cc1ccccc1)NC(=O)[C@H](C)NC(=O)[C@H](C)NC(=O)[C@@H](N)CO)C(C)C)C(N)=O. The molecule has 1 aliphatic rings. The zero-order valence-electron chi connectivity index (χ0n) is 28.8. The molecule has 0 spiro atoms. The number of carbonyl (C=O) groups is 6. The minimum absolute atomic E-state index is 0.229. The average molecular weight is 675 g/mol. The van der Waals surface area contributed by atoms with E-state index >= 15 is 0 Å². The zero-order valence-corrected chi connectivity index (χ0v) is 28.8. The molecule has 1 aliphatic heterocycles. The quantitative estimate of drug-likeness (QED) is 0.0882. The third-order valence-corrected chi connectivity index (χ3v) is 8.35. The molecule has 2 rings (SSSR count). The number of likely N-dealkylation sites (tertiary alicyclic amines) is 1. The number of amides is 6. The summed E-state index contributed by atoms with van der Waals surface area (Å²) in [7, 11) is 0. The molecule has 268 valence electrons. The molecule has 1 aromatic carbocycles. The van der Waals surface area contributed by atoms with Crippen LogP contribution in [0.1, 0.15) is 59.9 Å². The first kappa shape index (κ1) is 40.1. The minimum atomic E-state index is -1.18. The molecule has 6 amide bonds. The van der Waals surface area contributed by atoms with Crippen molar-refractivity contribution < 1.29 is 33.9 Å². The molecule has 0 aromatic heterocycles. The molecule has 48 heavy (non-hydrogen) atoms. The predicted octanol–water partition coefficient (Wildman–Crippen LogP) is -1.73. The summed E-state index contributed by atoms with van der Waals surface area (Å²) in [5, 5.41) is 22.6. The molecule has 10 N–H and O–H groups in total. The molecule has 0 bridgehead atoms. The average Bonchev–Trinajstić information content (AvgIpc) is 3.49. The van der Waals surface area contributed by atoms with E-state index in [9.17, 15) is 28.8 Å². The van der Waals surface area contributed by atoms with Crippen LogP contribution in [0.15, 0.2) is 30.3 Å².